The molecule has 0 aliphatic heterocycles. The molecule has 0 radical (unpaired) electrons. The molecule has 1 N–H and O–H groups in total. The van der Waals surface area contributed by atoms with Crippen LogP contribution < -0.4 is 4.74 Å². The van der Waals surface area contributed by atoms with Gasteiger partial charge in [-0.05, 0) is 37.0 Å². The summed E-state index contributed by atoms with van der Waals surface area (Å²) in [6.07, 6.45) is 5.71. The number of carbonyl (C=O) groups is 1. The van der Waals surface area contributed by atoms with Gasteiger partial charge in [-0.15, -0.1) is 0 Å². The van der Waals surface area contributed by atoms with E-state index in [1.165, 1.54) is 25.3 Å². The number of ketones is 1. The SMILES string of the molecule is COc1cc(-c2cnc3cc(F)ccn23)cc(O)c1C(=O)CC1CC1. The van der Waals surface area contributed by atoms with Crippen LogP contribution in [0.2, 0.25) is 0 Å². The van der Waals surface area contributed by atoms with Gasteiger partial charge in [-0.25, -0.2) is 9.37 Å². The minimum Gasteiger partial charge on any atom is -0.507 e. The summed E-state index contributed by atoms with van der Waals surface area (Å²) in [6, 6.07) is 5.89. The van der Waals surface area contributed by atoms with Crippen LogP contribution in [0.5, 0.6) is 11.5 Å². The Balaban J connectivity index is 1.79. The molecule has 4 rings (SSSR count). The number of ether oxygens (including phenoxy) is 1. The van der Waals surface area contributed by atoms with E-state index >= 15 is 0 Å². The number of fused-ring (bicyclic) bond motifs is 1. The van der Waals surface area contributed by atoms with Crippen molar-refractivity contribution >= 4 is 11.4 Å². The molecule has 128 valence electrons. The number of phenols is 1. The second kappa shape index (κ2) is 5.88. The zero-order valence-corrected chi connectivity index (χ0v) is 13.7. The molecule has 1 aromatic carbocycles. The van der Waals surface area contributed by atoms with E-state index in [0.29, 0.717) is 35.0 Å². The van der Waals surface area contributed by atoms with Crippen LogP contribution in [-0.2, 0) is 0 Å². The standard InChI is InChI=1S/C19H17FN2O3/c1-25-17-8-12(7-16(24)19(17)15(23)6-11-2-3-11)14-10-21-18-9-13(20)4-5-22(14)18/h4-5,7-11,24H,2-3,6H2,1H3. The first-order chi connectivity index (χ1) is 12.1. The number of rotatable bonds is 5. The van der Waals surface area contributed by atoms with Crippen LogP contribution in [0, 0.1) is 11.7 Å². The number of hydrogen-bond donors (Lipinski definition) is 1. The number of benzene rings is 1. The number of aromatic nitrogens is 2. The Kier molecular flexibility index (Phi) is 3.67. The first-order valence-electron chi connectivity index (χ1n) is 8.14. The van der Waals surface area contributed by atoms with Crippen LogP contribution in [0.4, 0.5) is 4.39 Å². The Bertz CT molecular complexity index is 976. The number of halogens is 1. The Labute approximate surface area is 143 Å². The summed E-state index contributed by atoms with van der Waals surface area (Å²) in [6.45, 7) is 0. The van der Waals surface area contributed by atoms with Gasteiger partial charge in [0.25, 0.3) is 0 Å². The van der Waals surface area contributed by atoms with Crippen molar-refractivity contribution in [2.45, 2.75) is 19.3 Å². The summed E-state index contributed by atoms with van der Waals surface area (Å²) in [5, 5.41) is 10.4. The Morgan fingerprint density at radius 2 is 2.20 bits per heavy atom. The highest BCUT2D eigenvalue weighted by atomic mass is 19.1. The average Bonchev–Trinajstić information content (AvgIpc) is 3.30. The number of carbonyl (C=O) groups excluding carboxylic acids is 1. The predicted octanol–water partition coefficient (Wildman–Crippen LogP) is 3.84. The molecule has 0 spiro atoms. The van der Waals surface area contributed by atoms with Crippen molar-refractivity contribution in [2.24, 2.45) is 5.92 Å². The fourth-order valence-electron chi connectivity index (χ4n) is 3.05. The minimum atomic E-state index is -0.369. The van der Waals surface area contributed by atoms with E-state index in [9.17, 15) is 14.3 Å². The molecular formula is C19H17FN2O3. The summed E-state index contributed by atoms with van der Waals surface area (Å²) in [5.74, 6) is 0.162. The predicted molar refractivity (Wildman–Crippen MR) is 90.5 cm³/mol. The van der Waals surface area contributed by atoms with E-state index in [-0.39, 0.29) is 22.9 Å². The molecule has 3 aromatic rings. The summed E-state index contributed by atoms with van der Waals surface area (Å²) in [7, 11) is 1.47. The monoisotopic (exact) mass is 340 g/mol. The summed E-state index contributed by atoms with van der Waals surface area (Å²) >= 11 is 0. The molecule has 0 saturated heterocycles. The molecule has 25 heavy (non-hydrogen) atoms. The molecule has 0 amide bonds. The first kappa shape index (κ1) is 15.6. The smallest absolute Gasteiger partial charge is 0.170 e. The lowest BCUT2D eigenvalue weighted by molar-refractivity contribution is 0.0970. The van der Waals surface area contributed by atoms with Crippen molar-refractivity contribution < 1.29 is 19.0 Å². The number of phenolic OH excluding ortho intramolecular Hbond substituents is 1. The first-order valence-corrected chi connectivity index (χ1v) is 8.14. The topological polar surface area (TPSA) is 63.8 Å². The maximum absolute atomic E-state index is 13.3. The lowest BCUT2D eigenvalue weighted by atomic mass is 10.0. The van der Waals surface area contributed by atoms with Crippen molar-refractivity contribution in [1.29, 1.82) is 0 Å². The highest BCUT2D eigenvalue weighted by Gasteiger charge is 2.28. The number of methoxy groups -OCH3 is 1. The third-order valence-electron chi connectivity index (χ3n) is 4.52. The lowest BCUT2D eigenvalue weighted by Crippen LogP contribution is -2.04. The molecule has 6 heteroatoms. The second-order valence-corrected chi connectivity index (χ2v) is 6.36. The van der Waals surface area contributed by atoms with Gasteiger partial charge in [0.1, 0.15) is 28.5 Å². The summed E-state index contributed by atoms with van der Waals surface area (Å²) in [5.41, 5.74) is 1.99. The summed E-state index contributed by atoms with van der Waals surface area (Å²) in [4.78, 5) is 16.6. The molecular weight excluding hydrogens is 323 g/mol. The van der Waals surface area contributed by atoms with E-state index in [1.54, 1.807) is 22.9 Å². The van der Waals surface area contributed by atoms with Crippen molar-refractivity contribution in [3.63, 3.8) is 0 Å². The molecule has 2 aromatic heterocycles. The highest BCUT2D eigenvalue weighted by molar-refractivity contribution is 6.02. The van der Waals surface area contributed by atoms with E-state index in [4.69, 9.17) is 4.74 Å². The number of nitrogens with zero attached hydrogens (tertiary/aromatic N) is 2. The van der Waals surface area contributed by atoms with Crippen molar-refractivity contribution in [3.05, 3.63) is 48.0 Å². The van der Waals surface area contributed by atoms with E-state index in [1.807, 2.05) is 0 Å². The van der Waals surface area contributed by atoms with Gasteiger partial charge in [0.15, 0.2) is 5.78 Å². The maximum atomic E-state index is 13.3. The molecule has 1 saturated carbocycles. The van der Waals surface area contributed by atoms with Gasteiger partial charge >= 0.3 is 0 Å². The second-order valence-electron chi connectivity index (χ2n) is 6.36. The largest absolute Gasteiger partial charge is 0.507 e. The molecule has 1 fully saturated rings. The molecule has 0 bridgehead atoms. The number of Topliss-reactive ketones (excluding diaryl/α,β-unsaturated/α-hetero) is 1. The highest BCUT2D eigenvalue weighted by Crippen LogP contribution is 2.39. The molecule has 1 aliphatic carbocycles. The molecule has 0 unspecified atom stereocenters. The minimum absolute atomic E-state index is 0.108. The van der Waals surface area contributed by atoms with Gasteiger partial charge in [-0.2, -0.15) is 0 Å². The van der Waals surface area contributed by atoms with Crippen LogP contribution in [0.25, 0.3) is 16.9 Å². The zero-order valence-electron chi connectivity index (χ0n) is 13.7. The number of aromatic hydroxyl groups is 1. The normalized spacial score (nSPS) is 14.0. The van der Waals surface area contributed by atoms with E-state index < -0.39 is 0 Å². The van der Waals surface area contributed by atoms with E-state index in [2.05, 4.69) is 4.98 Å². The fraction of sp³-hybridized carbons (Fsp3) is 0.263. The van der Waals surface area contributed by atoms with Gasteiger partial charge in [-0.1, -0.05) is 0 Å². The fourth-order valence-corrected chi connectivity index (χ4v) is 3.05. The molecule has 5 nitrogen and oxygen atoms in total. The van der Waals surface area contributed by atoms with Crippen LogP contribution in [0.15, 0.2) is 36.7 Å². The van der Waals surface area contributed by atoms with Gasteiger partial charge in [-0.3, -0.25) is 9.20 Å². The maximum Gasteiger partial charge on any atom is 0.170 e. The van der Waals surface area contributed by atoms with E-state index in [0.717, 1.165) is 12.8 Å². The lowest BCUT2D eigenvalue weighted by Gasteiger charge is -2.12. The molecule has 1 aliphatic rings. The van der Waals surface area contributed by atoms with Crippen LogP contribution in [0.1, 0.15) is 29.6 Å². The average molecular weight is 340 g/mol. The number of imidazole rings is 1. The number of pyridine rings is 1. The van der Waals surface area contributed by atoms with Crippen LogP contribution in [-0.4, -0.2) is 27.4 Å². The van der Waals surface area contributed by atoms with Gasteiger partial charge in [0, 0.05) is 24.2 Å². The Morgan fingerprint density at radius 1 is 1.40 bits per heavy atom. The van der Waals surface area contributed by atoms with Crippen molar-refractivity contribution in [3.8, 4) is 22.8 Å². The molecule has 2 heterocycles. The van der Waals surface area contributed by atoms with Gasteiger partial charge in [0.05, 0.1) is 19.0 Å². The van der Waals surface area contributed by atoms with Gasteiger partial charge < -0.3 is 9.84 Å². The Morgan fingerprint density at radius 3 is 2.92 bits per heavy atom. The quantitative estimate of drug-likeness (QED) is 0.717. The zero-order chi connectivity index (χ0) is 17.6. The number of hydrogen-bond acceptors (Lipinski definition) is 4. The van der Waals surface area contributed by atoms with Crippen molar-refractivity contribution in [2.75, 3.05) is 7.11 Å². The van der Waals surface area contributed by atoms with Crippen LogP contribution in [0.3, 0.4) is 0 Å². The van der Waals surface area contributed by atoms with Crippen LogP contribution >= 0.6 is 0 Å². The molecule has 0 atom stereocenters. The summed E-state index contributed by atoms with van der Waals surface area (Å²) < 4.78 is 20.4. The van der Waals surface area contributed by atoms with Gasteiger partial charge in [0.2, 0.25) is 0 Å². The third-order valence-corrected chi connectivity index (χ3v) is 4.52. The Hall–Kier alpha value is -2.89. The third kappa shape index (κ3) is 2.84. The van der Waals surface area contributed by atoms with Crippen molar-refractivity contribution in [1.82, 2.24) is 9.38 Å².